The van der Waals surface area contributed by atoms with E-state index in [0.29, 0.717) is 59.0 Å². The van der Waals surface area contributed by atoms with E-state index in [2.05, 4.69) is 53.4 Å². The van der Waals surface area contributed by atoms with Crippen LogP contribution in [0, 0.1) is 5.92 Å². The largest absolute Gasteiger partial charge is 0.478 e. The first-order valence-electron chi connectivity index (χ1n) is 17.1. The molecule has 5 aromatic rings. The van der Waals surface area contributed by atoms with Crippen LogP contribution in [0.1, 0.15) is 37.3 Å². The van der Waals surface area contributed by atoms with Crippen molar-refractivity contribution in [2.45, 2.75) is 31.6 Å². The third-order valence-electron chi connectivity index (χ3n) is 9.70. The predicted molar refractivity (Wildman–Crippen MR) is 198 cm³/mol. The molecule has 2 fully saturated rings. The summed E-state index contributed by atoms with van der Waals surface area (Å²) in [4.78, 5) is 60.1. The van der Waals surface area contributed by atoms with E-state index < -0.39 is 5.92 Å². The van der Waals surface area contributed by atoms with Crippen LogP contribution in [0.4, 0.5) is 23.1 Å². The van der Waals surface area contributed by atoms with Crippen molar-refractivity contribution in [3.05, 3.63) is 69.7 Å². The zero-order chi connectivity index (χ0) is 36.5. The number of fused-ring (bicyclic) bond motifs is 2. The molecule has 52 heavy (non-hydrogen) atoms. The number of hydrogen-bond acceptors (Lipinski definition) is 11. The second-order valence-electron chi connectivity index (χ2n) is 13.2. The van der Waals surface area contributed by atoms with Crippen molar-refractivity contribution in [2.24, 2.45) is 20.0 Å². The molecule has 2 saturated heterocycles. The van der Waals surface area contributed by atoms with Crippen molar-refractivity contribution in [3.8, 4) is 5.75 Å². The number of hydrogen-bond donors (Lipinski definition) is 4. The molecular formula is C36H39ClN10O5. The van der Waals surface area contributed by atoms with Crippen molar-refractivity contribution in [2.75, 3.05) is 48.8 Å². The summed E-state index contributed by atoms with van der Waals surface area (Å²) in [6.07, 6.45) is 4.39. The van der Waals surface area contributed by atoms with E-state index in [1.165, 1.54) is 11.6 Å². The summed E-state index contributed by atoms with van der Waals surface area (Å²) in [5.41, 5.74) is 3.77. The van der Waals surface area contributed by atoms with Crippen LogP contribution in [-0.4, -0.2) is 75.3 Å². The minimum absolute atomic E-state index is 0.0695. The number of rotatable bonds is 10. The number of likely N-dealkylation sites (N-methyl/N-ethyl adjacent to an activating group) is 1. The van der Waals surface area contributed by atoms with Gasteiger partial charge in [0.2, 0.25) is 17.8 Å². The minimum atomic E-state index is -0.441. The number of carbonyl (C=O) groups is 3. The van der Waals surface area contributed by atoms with Crippen molar-refractivity contribution >= 4 is 74.3 Å². The predicted octanol–water partition coefficient (Wildman–Crippen LogP) is 3.59. The summed E-state index contributed by atoms with van der Waals surface area (Å²) < 4.78 is 8.77. The number of aryl methyl sites for hydroxylation is 2. The zero-order valence-corrected chi connectivity index (χ0v) is 29.8. The Bertz CT molecular complexity index is 2270. The minimum Gasteiger partial charge on any atom is -0.478 e. The first-order chi connectivity index (χ1) is 25.1. The maximum Gasteiger partial charge on any atom is 0.293 e. The van der Waals surface area contributed by atoms with E-state index in [0.717, 1.165) is 47.9 Å². The van der Waals surface area contributed by atoms with E-state index in [-0.39, 0.29) is 35.6 Å². The van der Waals surface area contributed by atoms with E-state index in [1.807, 2.05) is 36.0 Å². The number of pyridine rings is 1. The Labute approximate surface area is 303 Å². The van der Waals surface area contributed by atoms with Crippen molar-refractivity contribution in [1.82, 2.24) is 34.9 Å². The van der Waals surface area contributed by atoms with Gasteiger partial charge in [-0.15, -0.1) is 0 Å². The number of piperidine rings is 2. The lowest BCUT2D eigenvalue weighted by Gasteiger charge is -2.34. The van der Waals surface area contributed by atoms with Gasteiger partial charge in [-0.05, 0) is 67.6 Å². The number of nitrogens with one attached hydrogen (secondary N) is 4. The molecule has 0 bridgehead atoms. The Morgan fingerprint density at radius 3 is 2.73 bits per heavy atom. The third kappa shape index (κ3) is 7.08. The van der Waals surface area contributed by atoms with Gasteiger partial charge < -0.3 is 30.2 Å². The molecule has 0 aliphatic carbocycles. The van der Waals surface area contributed by atoms with Gasteiger partial charge in [-0.2, -0.15) is 10.1 Å². The van der Waals surface area contributed by atoms with Crippen molar-refractivity contribution in [1.29, 1.82) is 0 Å². The van der Waals surface area contributed by atoms with Gasteiger partial charge in [0.25, 0.3) is 11.5 Å². The van der Waals surface area contributed by atoms with Gasteiger partial charge >= 0.3 is 0 Å². The van der Waals surface area contributed by atoms with Gasteiger partial charge in [0.05, 0.1) is 28.8 Å². The highest BCUT2D eigenvalue weighted by Gasteiger charge is 2.32. The van der Waals surface area contributed by atoms with Crippen molar-refractivity contribution in [3.63, 3.8) is 0 Å². The van der Waals surface area contributed by atoms with Gasteiger partial charge in [-0.3, -0.25) is 29.2 Å². The summed E-state index contributed by atoms with van der Waals surface area (Å²) in [6, 6.07) is 13.3. The third-order valence-corrected chi connectivity index (χ3v) is 9.98. The number of aromatic nitrogens is 5. The Kier molecular flexibility index (Phi) is 9.69. The summed E-state index contributed by atoms with van der Waals surface area (Å²) >= 11 is 6.50. The number of halogens is 1. The molecule has 2 aliphatic rings. The quantitative estimate of drug-likeness (QED) is 0.155. The number of carbonyl (C=O) groups excluding carboxylic acids is 3. The van der Waals surface area contributed by atoms with Crippen LogP contribution >= 0.6 is 11.6 Å². The Morgan fingerprint density at radius 1 is 1.08 bits per heavy atom. The molecule has 270 valence electrons. The SMILES string of the molecule is CNC(=O)COc1cc2cc(Nc3nc(NCC4CCCN(c5ccc6c(C7CCC(=O)NC7=O)nn(C)c6c5)C4)ncc3Cl)ccc2n(C)c1=O. The maximum absolute atomic E-state index is 12.8. The van der Waals surface area contributed by atoms with E-state index in [9.17, 15) is 19.2 Å². The van der Waals surface area contributed by atoms with E-state index in [1.54, 1.807) is 19.3 Å². The molecule has 2 aromatic carbocycles. The summed E-state index contributed by atoms with van der Waals surface area (Å²) in [6.45, 7) is 2.15. The van der Waals surface area contributed by atoms with Crippen LogP contribution in [0.25, 0.3) is 21.8 Å². The van der Waals surface area contributed by atoms with Gasteiger partial charge in [0, 0.05) is 69.3 Å². The number of nitrogens with zero attached hydrogens (tertiary/aromatic N) is 6. The Balaban J connectivity index is 1.01. The number of amides is 3. The van der Waals surface area contributed by atoms with Crippen LogP contribution in [0.2, 0.25) is 5.02 Å². The summed E-state index contributed by atoms with van der Waals surface area (Å²) in [5, 5.41) is 18.3. The lowest BCUT2D eigenvalue weighted by atomic mass is 9.92. The average molecular weight is 727 g/mol. The monoisotopic (exact) mass is 726 g/mol. The van der Waals surface area contributed by atoms with Gasteiger partial charge in [0.15, 0.2) is 18.2 Å². The number of imide groups is 1. The number of anilines is 4. The smallest absolute Gasteiger partial charge is 0.293 e. The van der Waals surface area contributed by atoms with E-state index in [4.69, 9.17) is 16.3 Å². The molecule has 0 radical (unpaired) electrons. The molecule has 3 aromatic heterocycles. The lowest BCUT2D eigenvalue weighted by Crippen LogP contribution is -2.39. The molecule has 0 spiro atoms. The molecule has 7 rings (SSSR count). The number of benzene rings is 2. The highest BCUT2D eigenvalue weighted by molar-refractivity contribution is 6.33. The van der Waals surface area contributed by atoms with Crippen LogP contribution in [-0.2, 0) is 28.5 Å². The molecule has 5 heterocycles. The topological polar surface area (TPSA) is 177 Å². The fourth-order valence-electron chi connectivity index (χ4n) is 6.91. The summed E-state index contributed by atoms with van der Waals surface area (Å²) in [5.74, 6) is -0.0475. The Hall–Kier alpha value is -5.70. The summed E-state index contributed by atoms with van der Waals surface area (Å²) in [7, 11) is 5.03. The first-order valence-corrected chi connectivity index (χ1v) is 17.5. The first kappa shape index (κ1) is 34.7. The molecule has 3 amide bonds. The molecule has 16 heteroatoms. The fourth-order valence-corrected chi connectivity index (χ4v) is 7.05. The van der Waals surface area contributed by atoms with Gasteiger partial charge in [-0.1, -0.05) is 11.6 Å². The highest BCUT2D eigenvalue weighted by Crippen LogP contribution is 2.34. The van der Waals surface area contributed by atoms with Crippen LogP contribution < -0.4 is 36.5 Å². The highest BCUT2D eigenvalue weighted by atomic mass is 35.5. The standard InChI is InChI=1S/C36H39ClN10O5/c1-38-31(49)19-52-29-14-21-13-22(6-10-27(21)45(2)35(29)51)41-33-26(37)17-40-36(43-33)39-16-20-5-4-12-47(18-20)23-7-8-24-28(15-23)46(3)44-32(24)25-9-11-30(48)42-34(25)50/h6-8,10,13-15,17,20,25H,4-5,9,11-12,16,18-19H2,1-3H3,(H,38,49)(H,42,48,50)(H2,39,40,41,43). The molecule has 2 unspecified atom stereocenters. The maximum atomic E-state index is 12.8. The fraction of sp³-hybridized carbons (Fsp3) is 0.361. The van der Waals surface area contributed by atoms with Gasteiger partial charge in [0.1, 0.15) is 5.02 Å². The normalized spacial score (nSPS) is 17.7. The molecule has 2 atom stereocenters. The average Bonchev–Trinajstić information content (AvgIpc) is 3.47. The van der Waals surface area contributed by atoms with Gasteiger partial charge in [-0.25, -0.2) is 4.98 Å². The number of ether oxygens (including phenoxy) is 1. The zero-order valence-electron chi connectivity index (χ0n) is 29.0. The Morgan fingerprint density at radius 2 is 1.92 bits per heavy atom. The molecule has 4 N–H and O–H groups in total. The molecule has 15 nitrogen and oxygen atoms in total. The molecule has 0 saturated carbocycles. The van der Waals surface area contributed by atoms with Crippen LogP contribution in [0.15, 0.2) is 53.5 Å². The molecular weight excluding hydrogens is 688 g/mol. The van der Waals surface area contributed by atoms with E-state index >= 15 is 0 Å². The van der Waals surface area contributed by atoms with Crippen molar-refractivity contribution < 1.29 is 19.1 Å². The second kappa shape index (κ2) is 14.5. The second-order valence-corrected chi connectivity index (χ2v) is 13.6. The van der Waals surface area contributed by atoms with Crippen LogP contribution in [0.3, 0.4) is 0 Å². The van der Waals surface area contributed by atoms with Crippen LogP contribution in [0.5, 0.6) is 5.75 Å². The molecule has 2 aliphatic heterocycles. The lowest BCUT2D eigenvalue weighted by molar-refractivity contribution is -0.134.